The number of hydrogen-bond donors (Lipinski definition) is 1. The van der Waals surface area contributed by atoms with Gasteiger partial charge in [-0.25, -0.2) is 9.78 Å². The molecule has 152 valence electrons. The molecule has 1 aromatic carbocycles. The Labute approximate surface area is 161 Å². The van der Waals surface area contributed by atoms with Crippen LogP contribution < -0.4 is 15.6 Å². The third-order valence-electron chi connectivity index (χ3n) is 3.85. The van der Waals surface area contributed by atoms with Crippen molar-refractivity contribution in [3.05, 3.63) is 52.3 Å². The minimum atomic E-state index is -2.95. The summed E-state index contributed by atoms with van der Waals surface area (Å²) in [6.45, 7) is -2.12. The number of ether oxygens (including phenoxy) is 2. The molecule has 29 heavy (non-hydrogen) atoms. The van der Waals surface area contributed by atoms with E-state index in [1.165, 1.54) is 49.1 Å². The quantitative estimate of drug-likeness (QED) is 0.624. The van der Waals surface area contributed by atoms with Crippen LogP contribution in [0.3, 0.4) is 0 Å². The molecule has 0 fully saturated rings. The summed E-state index contributed by atoms with van der Waals surface area (Å²) < 4.78 is 39.9. The van der Waals surface area contributed by atoms with Crippen molar-refractivity contribution < 1.29 is 32.3 Å². The van der Waals surface area contributed by atoms with Crippen LogP contribution >= 0.6 is 0 Å². The van der Waals surface area contributed by atoms with E-state index in [9.17, 15) is 23.2 Å². The van der Waals surface area contributed by atoms with Gasteiger partial charge in [-0.05, 0) is 31.2 Å². The van der Waals surface area contributed by atoms with Gasteiger partial charge in [-0.1, -0.05) is 0 Å². The molecule has 0 spiro atoms. The molecule has 11 heteroatoms. The standard InChI is InChI=1S/C18H15F2N3O6/c1-9-13(14-15(28-9)21-8-23(2)16(14)25)17(26)27-7-12(24)22-10-3-5-11(6-4-10)29-18(19)20/h3-6,8,18H,7H2,1-2H3,(H,22,24). The number of nitrogens with one attached hydrogen (secondary N) is 1. The second-order valence-corrected chi connectivity index (χ2v) is 5.90. The van der Waals surface area contributed by atoms with Crippen molar-refractivity contribution >= 4 is 28.7 Å². The fraction of sp³-hybridized carbons (Fsp3) is 0.222. The Bertz CT molecular complexity index is 1120. The topological polar surface area (TPSA) is 113 Å². The van der Waals surface area contributed by atoms with E-state index >= 15 is 0 Å². The van der Waals surface area contributed by atoms with E-state index in [-0.39, 0.29) is 33.9 Å². The molecule has 0 aliphatic carbocycles. The highest BCUT2D eigenvalue weighted by Crippen LogP contribution is 2.22. The molecule has 2 aromatic heterocycles. The van der Waals surface area contributed by atoms with Crippen LogP contribution in [-0.4, -0.2) is 34.6 Å². The van der Waals surface area contributed by atoms with Crippen molar-refractivity contribution in [2.75, 3.05) is 11.9 Å². The molecular formula is C18H15F2N3O6. The number of amides is 1. The van der Waals surface area contributed by atoms with Crippen molar-refractivity contribution in [1.29, 1.82) is 0 Å². The minimum Gasteiger partial charge on any atom is -0.452 e. The predicted molar refractivity (Wildman–Crippen MR) is 96.0 cm³/mol. The highest BCUT2D eigenvalue weighted by Gasteiger charge is 2.24. The average Bonchev–Trinajstić information content (AvgIpc) is 3.01. The van der Waals surface area contributed by atoms with E-state index in [2.05, 4.69) is 15.0 Å². The molecule has 0 radical (unpaired) electrons. The maximum Gasteiger partial charge on any atom is 0.387 e. The minimum absolute atomic E-state index is 0.00638. The second kappa shape index (κ2) is 8.09. The summed E-state index contributed by atoms with van der Waals surface area (Å²) in [7, 11) is 1.47. The van der Waals surface area contributed by atoms with Gasteiger partial charge < -0.3 is 23.8 Å². The van der Waals surface area contributed by atoms with Gasteiger partial charge in [0, 0.05) is 12.7 Å². The third kappa shape index (κ3) is 4.39. The highest BCUT2D eigenvalue weighted by molar-refractivity contribution is 6.04. The number of carbonyl (C=O) groups is 2. The lowest BCUT2D eigenvalue weighted by Gasteiger charge is -2.08. The van der Waals surface area contributed by atoms with Gasteiger partial charge in [-0.3, -0.25) is 9.59 Å². The number of anilines is 1. The zero-order valence-corrected chi connectivity index (χ0v) is 15.3. The van der Waals surface area contributed by atoms with E-state index in [0.717, 1.165) is 0 Å². The molecule has 0 aliphatic heterocycles. The number of benzene rings is 1. The number of esters is 1. The summed E-state index contributed by atoms with van der Waals surface area (Å²) in [6, 6.07) is 5.19. The third-order valence-corrected chi connectivity index (χ3v) is 3.85. The van der Waals surface area contributed by atoms with Crippen LogP contribution in [0.2, 0.25) is 0 Å². The van der Waals surface area contributed by atoms with Gasteiger partial charge in [0.2, 0.25) is 5.71 Å². The Hall–Kier alpha value is -3.76. The lowest BCUT2D eigenvalue weighted by molar-refractivity contribution is -0.119. The van der Waals surface area contributed by atoms with Crippen LogP contribution in [-0.2, 0) is 16.6 Å². The van der Waals surface area contributed by atoms with Crippen LogP contribution in [0, 0.1) is 6.92 Å². The van der Waals surface area contributed by atoms with Crippen LogP contribution in [0.1, 0.15) is 16.1 Å². The highest BCUT2D eigenvalue weighted by atomic mass is 19.3. The first-order chi connectivity index (χ1) is 13.8. The molecule has 0 saturated carbocycles. The number of fused-ring (bicyclic) bond motifs is 1. The van der Waals surface area contributed by atoms with Gasteiger partial charge in [0.1, 0.15) is 28.8 Å². The maximum atomic E-state index is 12.4. The monoisotopic (exact) mass is 407 g/mol. The van der Waals surface area contributed by atoms with Crippen molar-refractivity contribution in [3.63, 3.8) is 0 Å². The fourth-order valence-electron chi connectivity index (χ4n) is 2.55. The van der Waals surface area contributed by atoms with Gasteiger partial charge in [-0.15, -0.1) is 0 Å². The number of furan rings is 1. The van der Waals surface area contributed by atoms with Crippen molar-refractivity contribution in [2.45, 2.75) is 13.5 Å². The van der Waals surface area contributed by atoms with E-state index < -0.39 is 30.7 Å². The second-order valence-electron chi connectivity index (χ2n) is 5.90. The van der Waals surface area contributed by atoms with Gasteiger partial charge >= 0.3 is 12.6 Å². The van der Waals surface area contributed by atoms with Crippen LogP contribution in [0.5, 0.6) is 5.75 Å². The molecule has 0 atom stereocenters. The summed E-state index contributed by atoms with van der Waals surface area (Å²) in [5, 5.41) is 2.40. The maximum absolute atomic E-state index is 12.4. The SMILES string of the molecule is Cc1oc2ncn(C)c(=O)c2c1C(=O)OCC(=O)Nc1ccc(OC(F)F)cc1. The van der Waals surface area contributed by atoms with E-state index in [1.54, 1.807) is 0 Å². The number of aryl methyl sites for hydroxylation is 2. The number of hydrogen-bond acceptors (Lipinski definition) is 7. The number of nitrogens with zero attached hydrogens (tertiary/aromatic N) is 2. The molecule has 9 nitrogen and oxygen atoms in total. The van der Waals surface area contributed by atoms with E-state index in [0.29, 0.717) is 0 Å². The largest absolute Gasteiger partial charge is 0.452 e. The molecule has 3 rings (SSSR count). The summed E-state index contributed by atoms with van der Waals surface area (Å²) in [5.41, 5.74) is -0.312. The van der Waals surface area contributed by atoms with Gasteiger partial charge in [0.25, 0.3) is 11.5 Å². The lowest BCUT2D eigenvalue weighted by atomic mass is 10.2. The molecule has 0 aliphatic rings. The van der Waals surface area contributed by atoms with Crippen LogP contribution in [0.4, 0.5) is 14.5 Å². The number of aromatic nitrogens is 2. The summed E-state index contributed by atoms with van der Waals surface area (Å²) >= 11 is 0. The zero-order chi connectivity index (χ0) is 21.1. The van der Waals surface area contributed by atoms with E-state index in [4.69, 9.17) is 9.15 Å². The molecule has 0 bridgehead atoms. The van der Waals surface area contributed by atoms with Crippen LogP contribution in [0.15, 0.2) is 39.8 Å². The smallest absolute Gasteiger partial charge is 0.387 e. The van der Waals surface area contributed by atoms with Crippen LogP contribution in [0.25, 0.3) is 11.1 Å². The van der Waals surface area contributed by atoms with Crippen molar-refractivity contribution in [3.8, 4) is 5.75 Å². The lowest BCUT2D eigenvalue weighted by Crippen LogP contribution is -2.22. The Kier molecular flexibility index (Phi) is 5.57. The van der Waals surface area contributed by atoms with Gasteiger partial charge in [0.05, 0.1) is 0 Å². The molecule has 3 aromatic rings. The molecule has 0 saturated heterocycles. The normalized spacial score (nSPS) is 10.9. The predicted octanol–water partition coefficient (Wildman–Crippen LogP) is 2.23. The molecule has 1 amide bonds. The first-order valence-electron chi connectivity index (χ1n) is 8.23. The molecular weight excluding hydrogens is 392 g/mol. The Morgan fingerprint density at radius 1 is 1.28 bits per heavy atom. The average molecular weight is 407 g/mol. The van der Waals surface area contributed by atoms with Gasteiger partial charge in [-0.2, -0.15) is 8.78 Å². The first-order valence-corrected chi connectivity index (χ1v) is 8.23. The van der Waals surface area contributed by atoms with E-state index in [1.807, 2.05) is 0 Å². The Balaban J connectivity index is 1.66. The van der Waals surface area contributed by atoms with Crippen molar-refractivity contribution in [2.24, 2.45) is 7.05 Å². The molecule has 0 unspecified atom stereocenters. The summed E-state index contributed by atoms with van der Waals surface area (Å²) in [4.78, 5) is 40.6. The first kappa shape index (κ1) is 20.0. The van der Waals surface area contributed by atoms with Gasteiger partial charge in [0.15, 0.2) is 6.61 Å². The molecule has 1 N–H and O–H groups in total. The number of alkyl halides is 2. The summed E-state index contributed by atoms with van der Waals surface area (Å²) in [6.07, 6.45) is 1.26. The molecule has 2 heterocycles. The zero-order valence-electron chi connectivity index (χ0n) is 15.3. The number of halogens is 2. The Morgan fingerprint density at radius 3 is 2.62 bits per heavy atom. The van der Waals surface area contributed by atoms with Crippen molar-refractivity contribution in [1.82, 2.24) is 9.55 Å². The summed E-state index contributed by atoms with van der Waals surface area (Å²) in [5.74, 6) is -1.52. The number of carbonyl (C=O) groups excluding carboxylic acids is 2. The fourth-order valence-corrected chi connectivity index (χ4v) is 2.55. The Morgan fingerprint density at radius 2 is 1.97 bits per heavy atom. The number of rotatable bonds is 6.